The molecule has 1 unspecified atom stereocenters. The van der Waals surface area contributed by atoms with Crippen molar-refractivity contribution in [3.05, 3.63) is 98.8 Å². The molecular weight excluding hydrogens is 532 g/mol. The number of aryl methyl sites for hydroxylation is 1. The average Bonchev–Trinajstić information content (AvgIpc) is 3.68. The van der Waals surface area contributed by atoms with Gasteiger partial charge in [0, 0.05) is 17.4 Å². The van der Waals surface area contributed by atoms with Crippen molar-refractivity contribution < 1.29 is 24.4 Å². The van der Waals surface area contributed by atoms with E-state index in [-0.39, 0.29) is 33.4 Å². The highest BCUT2D eigenvalue weighted by molar-refractivity contribution is 7.75. The summed E-state index contributed by atoms with van der Waals surface area (Å²) in [5.74, 6) is -0.183. The van der Waals surface area contributed by atoms with Crippen LogP contribution in [-0.4, -0.2) is 33.8 Å². The van der Waals surface area contributed by atoms with Crippen LogP contribution in [0.1, 0.15) is 39.9 Å². The summed E-state index contributed by atoms with van der Waals surface area (Å²) in [6.07, 6.45) is 3.43. The maximum absolute atomic E-state index is 13.8. The van der Waals surface area contributed by atoms with Crippen LogP contribution in [0.25, 0.3) is 6.08 Å². The largest absolute Gasteiger partial charge is 0.508 e. The maximum atomic E-state index is 13.8. The first-order valence-electron chi connectivity index (χ1n) is 11.7. The van der Waals surface area contributed by atoms with Crippen LogP contribution >= 0.6 is 30.3 Å². The number of hydrogen-bond donors (Lipinski definition) is 3. The summed E-state index contributed by atoms with van der Waals surface area (Å²) in [6.45, 7) is 1.90. The van der Waals surface area contributed by atoms with E-state index in [0.717, 1.165) is 24.0 Å². The lowest BCUT2D eigenvalue weighted by molar-refractivity contribution is -0.139. The van der Waals surface area contributed by atoms with Gasteiger partial charge in [0.1, 0.15) is 18.9 Å². The average molecular weight is 558 g/mol. The minimum Gasteiger partial charge on any atom is -0.508 e. The summed E-state index contributed by atoms with van der Waals surface area (Å²) in [4.78, 5) is 24.8. The van der Waals surface area contributed by atoms with E-state index in [1.807, 2.05) is 25.1 Å². The van der Waals surface area contributed by atoms with Crippen molar-refractivity contribution in [2.45, 2.75) is 37.9 Å². The predicted octanol–water partition coefficient (Wildman–Crippen LogP) is 6.25. The van der Waals surface area contributed by atoms with E-state index >= 15 is 0 Å². The number of aliphatic carboxylic acids is 1. The van der Waals surface area contributed by atoms with Gasteiger partial charge in [-0.15, -0.1) is 0 Å². The van der Waals surface area contributed by atoms with E-state index in [1.165, 1.54) is 24.3 Å². The van der Waals surface area contributed by atoms with E-state index in [9.17, 15) is 24.4 Å². The highest BCUT2D eigenvalue weighted by Crippen LogP contribution is 2.61. The van der Waals surface area contributed by atoms with Crippen LogP contribution in [0.15, 0.2) is 66.5 Å². The van der Waals surface area contributed by atoms with Crippen molar-refractivity contribution in [3.8, 4) is 5.75 Å². The van der Waals surface area contributed by atoms with Crippen LogP contribution in [-0.2, 0) is 15.8 Å². The van der Waals surface area contributed by atoms with E-state index < -0.39 is 25.1 Å². The van der Waals surface area contributed by atoms with E-state index in [0.29, 0.717) is 10.9 Å². The second-order valence-electron chi connectivity index (χ2n) is 9.19. The van der Waals surface area contributed by atoms with Crippen molar-refractivity contribution in [1.29, 1.82) is 0 Å². The second kappa shape index (κ2) is 11.1. The Kier molecular flexibility index (Phi) is 8.13. The van der Waals surface area contributed by atoms with Gasteiger partial charge in [-0.2, -0.15) is 0 Å². The molecule has 9 heteroatoms. The number of benzene rings is 3. The monoisotopic (exact) mass is 557 g/mol. The second-order valence-corrected chi connectivity index (χ2v) is 13.0. The summed E-state index contributed by atoms with van der Waals surface area (Å²) in [5, 5.41) is 22.7. The Labute approximate surface area is 225 Å². The Bertz CT molecular complexity index is 1410. The lowest BCUT2D eigenvalue weighted by Crippen LogP contribution is -2.42. The molecule has 3 aromatic carbocycles. The molecule has 2 atom stereocenters. The Hall–Kier alpha value is -3.05. The number of carbonyl (C=O) groups excluding carboxylic acids is 1. The summed E-state index contributed by atoms with van der Waals surface area (Å²) in [6, 6.07) is 15.7. The zero-order valence-electron chi connectivity index (χ0n) is 20.0. The van der Waals surface area contributed by atoms with E-state index in [4.69, 9.17) is 23.2 Å². The number of phenols is 1. The Morgan fingerprint density at radius 1 is 1.08 bits per heavy atom. The van der Waals surface area contributed by atoms with Crippen molar-refractivity contribution in [2.24, 2.45) is 0 Å². The third kappa shape index (κ3) is 6.45. The molecule has 1 aliphatic carbocycles. The molecule has 1 aliphatic rings. The molecule has 0 aromatic heterocycles. The zero-order valence-corrected chi connectivity index (χ0v) is 22.4. The Morgan fingerprint density at radius 2 is 1.76 bits per heavy atom. The van der Waals surface area contributed by atoms with Gasteiger partial charge in [0.05, 0.1) is 15.6 Å². The maximum Gasteiger partial charge on any atom is 0.326 e. The van der Waals surface area contributed by atoms with Gasteiger partial charge in [-0.05, 0) is 61.0 Å². The number of rotatable bonds is 9. The van der Waals surface area contributed by atoms with Crippen LogP contribution in [0.3, 0.4) is 0 Å². The quantitative estimate of drug-likeness (QED) is 0.269. The van der Waals surface area contributed by atoms with Crippen LogP contribution in [0.2, 0.25) is 10.0 Å². The summed E-state index contributed by atoms with van der Waals surface area (Å²) >= 11 is 12.8. The predicted molar refractivity (Wildman–Crippen MR) is 148 cm³/mol. The van der Waals surface area contributed by atoms with Crippen molar-refractivity contribution in [2.75, 3.05) is 0 Å². The van der Waals surface area contributed by atoms with Crippen LogP contribution in [0.5, 0.6) is 5.75 Å². The fourth-order valence-corrected chi connectivity index (χ4v) is 7.67. The summed E-state index contributed by atoms with van der Waals surface area (Å²) in [7, 11) is -2.92. The first-order chi connectivity index (χ1) is 17.6. The number of halogens is 2. The number of carbonyl (C=O) groups is 2. The van der Waals surface area contributed by atoms with E-state index in [1.54, 1.807) is 30.1 Å². The van der Waals surface area contributed by atoms with Gasteiger partial charge in [0.15, 0.2) is 0 Å². The zero-order chi connectivity index (χ0) is 26.7. The molecule has 0 heterocycles. The highest BCUT2D eigenvalue weighted by atomic mass is 35.5. The fourth-order valence-electron chi connectivity index (χ4n) is 4.20. The third-order valence-corrected chi connectivity index (χ3v) is 10.1. The number of amides is 1. The minimum atomic E-state index is -2.92. The van der Waals surface area contributed by atoms with Crippen molar-refractivity contribution in [3.63, 3.8) is 0 Å². The molecule has 0 aliphatic heterocycles. The number of carboxylic acid groups (broad SMARTS) is 1. The molecular formula is C28H26Cl2NO5P. The number of aromatic hydroxyl groups is 1. The first-order valence-corrected chi connectivity index (χ1v) is 14.3. The van der Waals surface area contributed by atoms with Gasteiger partial charge in [-0.25, -0.2) is 4.79 Å². The minimum absolute atomic E-state index is 0.0166. The fraction of sp³-hybridized carbons (Fsp3) is 0.214. The lowest BCUT2D eigenvalue weighted by atomic mass is 10.0. The molecule has 0 saturated heterocycles. The van der Waals surface area contributed by atoms with Gasteiger partial charge >= 0.3 is 5.97 Å². The van der Waals surface area contributed by atoms with Crippen molar-refractivity contribution >= 4 is 53.6 Å². The molecule has 37 heavy (non-hydrogen) atoms. The molecule has 192 valence electrons. The molecule has 3 aromatic rings. The van der Waals surface area contributed by atoms with Crippen LogP contribution in [0, 0.1) is 6.92 Å². The molecule has 6 nitrogen and oxygen atoms in total. The summed E-state index contributed by atoms with van der Waals surface area (Å²) < 4.78 is 13.8. The molecule has 0 radical (unpaired) electrons. The van der Waals surface area contributed by atoms with Gasteiger partial charge in [0.25, 0.3) is 5.91 Å². The number of carboxylic acids is 1. The molecule has 1 amide bonds. The normalized spacial score (nSPS) is 15.8. The van der Waals surface area contributed by atoms with Crippen molar-refractivity contribution in [1.82, 2.24) is 5.32 Å². The molecule has 4 rings (SSSR count). The number of hydrogen-bond acceptors (Lipinski definition) is 4. The molecule has 0 bridgehead atoms. The van der Waals surface area contributed by atoms with Crippen LogP contribution in [0.4, 0.5) is 0 Å². The highest BCUT2D eigenvalue weighted by Gasteiger charge is 2.40. The van der Waals surface area contributed by atoms with Gasteiger partial charge in [-0.3, -0.25) is 4.79 Å². The first kappa shape index (κ1) is 27.0. The Morgan fingerprint density at radius 3 is 2.35 bits per heavy atom. The van der Waals surface area contributed by atoms with Gasteiger partial charge in [0.2, 0.25) is 0 Å². The molecule has 1 fully saturated rings. The number of nitrogens with one attached hydrogen (secondary N) is 1. The SMILES string of the molecule is Cc1cccc(C[C@H](NC(=O)c2c(Cl)cc(/C=C/P(=O)(c3cccc(O)c3)C3CC3)cc2Cl)C(=O)O)c1. The molecule has 1 saturated carbocycles. The lowest BCUT2D eigenvalue weighted by Gasteiger charge is -2.17. The van der Waals surface area contributed by atoms with Crippen LogP contribution < -0.4 is 10.6 Å². The van der Waals surface area contributed by atoms with E-state index in [2.05, 4.69) is 5.32 Å². The summed E-state index contributed by atoms with van der Waals surface area (Å²) in [5.41, 5.74) is 2.29. The van der Waals surface area contributed by atoms with Gasteiger partial charge < -0.3 is 20.1 Å². The topological polar surface area (TPSA) is 104 Å². The van der Waals surface area contributed by atoms with Gasteiger partial charge in [-0.1, -0.05) is 71.2 Å². The third-order valence-electron chi connectivity index (χ3n) is 6.23. The molecule has 0 spiro atoms. The standard InChI is InChI=1S/C28H26Cl2NO5P/c1-17-4-2-5-18(12-17)15-25(28(34)35)31-27(33)26-23(29)13-19(14-24(26)30)10-11-37(36,21-8-9-21)22-7-3-6-20(32)16-22/h2-7,10-14,16,21,25,32H,8-9,15H2,1H3,(H,31,33)(H,34,35)/b11-10+/t25-,37?/m0/s1. The Balaban J connectivity index is 1.55. The molecule has 3 N–H and O–H groups in total. The number of phenolic OH excluding ortho intramolecular Hbond substituents is 1. The smallest absolute Gasteiger partial charge is 0.326 e.